The lowest BCUT2D eigenvalue weighted by molar-refractivity contribution is -0.150. The maximum absolute atomic E-state index is 12.6. The Morgan fingerprint density at radius 2 is 1.85 bits per heavy atom. The van der Waals surface area contributed by atoms with E-state index in [1.54, 1.807) is 34.6 Å². The van der Waals surface area contributed by atoms with Crippen molar-refractivity contribution in [3.63, 3.8) is 0 Å². The zero-order valence-corrected chi connectivity index (χ0v) is 17.7. The number of esters is 1. The normalized spacial score (nSPS) is 22.9. The van der Waals surface area contributed by atoms with E-state index in [0.29, 0.717) is 6.42 Å². The van der Waals surface area contributed by atoms with Crippen LogP contribution in [0.15, 0.2) is 24.3 Å². The molecule has 0 saturated heterocycles. The van der Waals surface area contributed by atoms with Crippen molar-refractivity contribution in [2.45, 2.75) is 85.1 Å². The summed E-state index contributed by atoms with van der Waals surface area (Å²) in [5, 5.41) is 2.69. The predicted molar refractivity (Wildman–Crippen MR) is 107 cm³/mol. The van der Waals surface area contributed by atoms with Crippen LogP contribution in [0.5, 0.6) is 0 Å². The number of ether oxygens (including phenoxy) is 2. The summed E-state index contributed by atoms with van der Waals surface area (Å²) in [6.45, 7) is 12.9. The third-order valence-corrected chi connectivity index (χ3v) is 4.58. The van der Waals surface area contributed by atoms with Crippen LogP contribution in [0.4, 0.5) is 4.79 Å². The first-order valence-electron chi connectivity index (χ1n) is 9.64. The van der Waals surface area contributed by atoms with Crippen LogP contribution >= 0.6 is 0 Å². The SMILES string of the molecule is CC(C)OC(=O)[C@H](C[C@@H]([C@@H](C)N)C1(C)C=CC=CC1)NC(=O)OC(C)(C)C. The Labute approximate surface area is 163 Å². The number of amides is 1. The second kappa shape index (κ2) is 9.40. The molecule has 6 nitrogen and oxygen atoms in total. The van der Waals surface area contributed by atoms with E-state index in [4.69, 9.17) is 15.2 Å². The Kier molecular flexibility index (Phi) is 8.08. The lowest BCUT2D eigenvalue weighted by Gasteiger charge is -2.40. The van der Waals surface area contributed by atoms with Crippen LogP contribution in [0.25, 0.3) is 0 Å². The van der Waals surface area contributed by atoms with Crippen molar-refractivity contribution in [1.29, 1.82) is 0 Å². The quantitative estimate of drug-likeness (QED) is 0.657. The van der Waals surface area contributed by atoms with Gasteiger partial charge in [-0.1, -0.05) is 31.2 Å². The summed E-state index contributed by atoms with van der Waals surface area (Å²) in [6, 6.07) is -0.990. The Hall–Kier alpha value is -1.82. The van der Waals surface area contributed by atoms with Crippen LogP contribution in [0.3, 0.4) is 0 Å². The minimum absolute atomic E-state index is 0.0293. The molecular weight excluding hydrogens is 344 g/mol. The van der Waals surface area contributed by atoms with Gasteiger partial charge in [-0.3, -0.25) is 0 Å². The average Bonchev–Trinajstić information content (AvgIpc) is 2.48. The van der Waals surface area contributed by atoms with E-state index < -0.39 is 23.7 Å². The van der Waals surface area contributed by atoms with E-state index in [0.717, 1.165) is 6.42 Å². The number of carbonyl (C=O) groups excluding carboxylic acids is 2. The summed E-state index contributed by atoms with van der Waals surface area (Å²) in [7, 11) is 0. The number of alkyl carbamates (subject to hydrolysis) is 1. The molecule has 0 heterocycles. The molecule has 0 aromatic rings. The van der Waals surface area contributed by atoms with E-state index in [1.807, 2.05) is 19.1 Å². The van der Waals surface area contributed by atoms with Crippen molar-refractivity contribution >= 4 is 12.1 Å². The molecule has 1 aliphatic rings. The summed E-state index contributed by atoms with van der Waals surface area (Å²) in [5.74, 6) is -0.501. The predicted octanol–water partition coefficient (Wildman–Crippen LogP) is 3.71. The molecule has 0 aromatic heterocycles. The summed E-state index contributed by atoms with van der Waals surface area (Å²) >= 11 is 0. The number of hydrogen-bond acceptors (Lipinski definition) is 5. The van der Waals surface area contributed by atoms with Gasteiger partial charge in [0, 0.05) is 6.04 Å². The first kappa shape index (κ1) is 23.2. The van der Waals surface area contributed by atoms with Gasteiger partial charge in [0.25, 0.3) is 0 Å². The van der Waals surface area contributed by atoms with Gasteiger partial charge >= 0.3 is 12.1 Å². The van der Waals surface area contributed by atoms with Crippen LogP contribution < -0.4 is 11.1 Å². The van der Waals surface area contributed by atoms with E-state index in [1.165, 1.54) is 0 Å². The summed E-state index contributed by atoms with van der Waals surface area (Å²) in [5.41, 5.74) is 5.43. The van der Waals surface area contributed by atoms with Crippen LogP contribution in [0.1, 0.15) is 61.3 Å². The zero-order valence-electron chi connectivity index (χ0n) is 17.7. The highest BCUT2D eigenvalue weighted by Crippen LogP contribution is 2.40. The first-order chi connectivity index (χ1) is 12.3. The number of nitrogens with one attached hydrogen (secondary N) is 1. The Bertz CT molecular complexity index is 575. The topological polar surface area (TPSA) is 90.6 Å². The van der Waals surface area contributed by atoms with Crippen LogP contribution in [-0.4, -0.2) is 35.9 Å². The third-order valence-electron chi connectivity index (χ3n) is 4.58. The number of nitrogens with two attached hydrogens (primary N) is 1. The molecule has 0 spiro atoms. The highest BCUT2D eigenvalue weighted by Gasteiger charge is 2.39. The van der Waals surface area contributed by atoms with Crippen LogP contribution in [0, 0.1) is 11.3 Å². The van der Waals surface area contributed by atoms with E-state index >= 15 is 0 Å². The monoisotopic (exact) mass is 380 g/mol. The second-order valence-electron chi connectivity index (χ2n) is 8.88. The minimum atomic E-state index is -0.825. The van der Waals surface area contributed by atoms with Gasteiger partial charge in [0.1, 0.15) is 11.6 Å². The number of rotatable bonds is 7. The third kappa shape index (κ3) is 7.75. The number of hydrogen-bond donors (Lipinski definition) is 2. The standard InChI is InChI=1S/C21H36N2O4/c1-14(2)26-18(24)17(23-19(25)27-20(4,5)6)13-16(15(3)22)21(7)11-9-8-10-12-21/h8-11,14-17H,12-13,22H2,1-7H3,(H,23,25)/t15-,16+,17+,21?/m1/s1. The maximum Gasteiger partial charge on any atom is 0.408 e. The smallest absolute Gasteiger partial charge is 0.408 e. The molecule has 1 rings (SSSR count). The molecule has 3 N–H and O–H groups in total. The summed E-state index contributed by atoms with van der Waals surface area (Å²) in [4.78, 5) is 24.9. The lowest BCUT2D eigenvalue weighted by Crippen LogP contribution is -2.49. The van der Waals surface area contributed by atoms with Gasteiger partial charge in [0.15, 0.2) is 0 Å². The molecule has 0 aromatic carbocycles. The zero-order chi connectivity index (χ0) is 20.8. The Balaban J connectivity index is 3.02. The van der Waals surface area contributed by atoms with Crippen molar-refractivity contribution in [3.05, 3.63) is 24.3 Å². The summed E-state index contributed by atoms with van der Waals surface area (Å²) < 4.78 is 10.7. The van der Waals surface area contributed by atoms with Gasteiger partial charge in [-0.15, -0.1) is 0 Å². The van der Waals surface area contributed by atoms with Crippen molar-refractivity contribution < 1.29 is 19.1 Å². The molecule has 0 fully saturated rings. The van der Waals surface area contributed by atoms with Crippen molar-refractivity contribution in [3.8, 4) is 0 Å². The maximum atomic E-state index is 12.6. The Morgan fingerprint density at radius 1 is 1.22 bits per heavy atom. The molecule has 1 unspecified atom stereocenters. The lowest BCUT2D eigenvalue weighted by atomic mass is 9.67. The average molecular weight is 381 g/mol. The molecule has 0 saturated carbocycles. The molecule has 1 amide bonds. The fourth-order valence-corrected chi connectivity index (χ4v) is 3.34. The van der Waals surface area contributed by atoms with Crippen molar-refractivity contribution in [1.82, 2.24) is 5.32 Å². The van der Waals surface area contributed by atoms with Crippen LogP contribution in [-0.2, 0) is 14.3 Å². The molecule has 1 aliphatic carbocycles. The molecule has 0 bridgehead atoms. The van der Waals surface area contributed by atoms with Crippen molar-refractivity contribution in [2.75, 3.05) is 0 Å². The fraction of sp³-hybridized carbons (Fsp3) is 0.714. The molecular formula is C21H36N2O4. The van der Waals surface area contributed by atoms with E-state index in [-0.39, 0.29) is 23.5 Å². The van der Waals surface area contributed by atoms with E-state index in [9.17, 15) is 9.59 Å². The van der Waals surface area contributed by atoms with E-state index in [2.05, 4.69) is 24.4 Å². The second-order valence-corrected chi connectivity index (χ2v) is 8.88. The fourth-order valence-electron chi connectivity index (χ4n) is 3.34. The molecule has 4 atom stereocenters. The van der Waals surface area contributed by atoms with Gasteiger partial charge in [-0.2, -0.15) is 0 Å². The first-order valence-corrected chi connectivity index (χ1v) is 9.64. The minimum Gasteiger partial charge on any atom is -0.461 e. The molecule has 6 heteroatoms. The van der Waals surface area contributed by atoms with Gasteiger partial charge < -0.3 is 20.5 Å². The van der Waals surface area contributed by atoms with Crippen LogP contribution in [0.2, 0.25) is 0 Å². The van der Waals surface area contributed by atoms with Gasteiger partial charge in [-0.25, -0.2) is 9.59 Å². The molecule has 154 valence electrons. The highest BCUT2D eigenvalue weighted by atomic mass is 16.6. The van der Waals surface area contributed by atoms with Gasteiger partial charge in [0.2, 0.25) is 0 Å². The summed E-state index contributed by atoms with van der Waals surface area (Å²) in [6.07, 6.45) is 8.51. The van der Waals surface area contributed by atoms with Gasteiger partial charge in [-0.05, 0) is 65.7 Å². The largest absolute Gasteiger partial charge is 0.461 e. The van der Waals surface area contributed by atoms with Crippen molar-refractivity contribution in [2.24, 2.45) is 17.1 Å². The molecule has 27 heavy (non-hydrogen) atoms. The number of carbonyl (C=O) groups is 2. The highest BCUT2D eigenvalue weighted by molar-refractivity contribution is 5.81. The molecule has 0 aliphatic heterocycles. The number of allylic oxidation sites excluding steroid dienone is 4. The van der Waals surface area contributed by atoms with Gasteiger partial charge in [0.05, 0.1) is 6.10 Å². The molecule has 0 radical (unpaired) electrons. The Morgan fingerprint density at radius 3 is 2.30 bits per heavy atom.